The van der Waals surface area contributed by atoms with Crippen molar-refractivity contribution in [2.75, 3.05) is 32.8 Å². The highest BCUT2D eigenvalue weighted by Gasteiger charge is 2.26. The lowest BCUT2D eigenvalue weighted by molar-refractivity contribution is -0.0251. The molecule has 0 radical (unpaired) electrons. The quantitative estimate of drug-likeness (QED) is 0.779. The van der Waals surface area contributed by atoms with Gasteiger partial charge in [0.05, 0.1) is 12.7 Å². The smallest absolute Gasteiger partial charge is 0.0674 e. The SMILES string of the molecule is CCNC1CCCCCC1CN1CCOC(C)C1. The van der Waals surface area contributed by atoms with Gasteiger partial charge in [0.1, 0.15) is 0 Å². The van der Waals surface area contributed by atoms with Crippen molar-refractivity contribution in [2.45, 2.75) is 58.1 Å². The summed E-state index contributed by atoms with van der Waals surface area (Å²) >= 11 is 0. The molecule has 3 heteroatoms. The van der Waals surface area contributed by atoms with Gasteiger partial charge in [-0.25, -0.2) is 0 Å². The predicted octanol–water partition coefficient (Wildman–Crippen LogP) is 2.27. The Morgan fingerprint density at radius 3 is 2.83 bits per heavy atom. The largest absolute Gasteiger partial charge is 0.376 e. The molecular formula is C15H30N2O. The van der Waals surface area contributed by atoms with E-state index in [-0.39, 0.29) is 0 Å². The maximum Gasteiger partial charge on any atom is 0.0674 e. The molecule has 3 atom stereocenters. The fourth-order valence-electron chi connectivity index (χ4n) is 3.52. The first-order valence-electron chi connectivity index (χ1n) is 7.87. The lowest BCUT2D eigenvalue weighted by Crippen LogP contribution is -2.47. The molecular weight excluding hydrogens is 224 g/mol. The predicted molar refractivity (Wildman–Crippen MR) is 75.9 cm³/mol. The zero-order valence-electron chi connectivity index (χ0n) is 12.2. The molecule has 1 saturated heterocycles. The number of ether oxygens (including phenoxy) is 1. The van der Waals surface area contributed by atoms with Crippen LogP contribution in [0.25, 0.3) is 0 Å². The van der Waals surface area contributed by atoms with Crippen LogP contribution in [0.1, 0.15) is 46.0 Å². The van der Waals surface area contributed by atoms with Gasteiger partial charge < -0.3 is 10.1 Å². The number of nitrogens with one attached hydrogen (secondary N) is 1. The van der Waals surface area contributed by atoms with E-state index in [2.05, 4.69) is 24.1 Å². The van der Waals surface area contributed by atoms with Crippen LogP contribution in [0, 0.1) is 5.92 Å². The van der Waals surface area contributed by atoms with Crippen molar-refractivity contribution in [2.24, 2.45) is 5.92 Å². The van der Waals surface area contributed by atoms with E-state index >= 15 is 0 Å². The maximum atomic E-state index is 5.64. The third-order valence-corrected chi connectivity index (χ3v) is 4.44. The van der Waals surface area contributed by atoms with E-state index in [9.17, 15) is 0 Å². The Morgan fingerprint density at radius 2 is 2.06 bits per heavy atom. The van der Waals surface area contributed by atoms with Crippen LogP contribution in [-0.4, -0.2) is 49.8 Å². The molecule has 2 aliphatic rings. The van der Waals surface area contributed by atoms with E-state index in [1.54, 1.807) is 0 Å². The summed E-state index contributed by atoms with van der Waals surface area (Å²) in [4.78, 5) is 2.62. The van der Waals surface area contributed by atoms with Gasteiger partial charge in [0.2, 0.25) is 0 Å². The van der Waals surface area contributed by atoms with Crippen molar-refractivity contribution < 1.29 is 4.74 Å². The second kappa shape index (κ2) is 7.46. The molecule has 0 spiro atoms. The average molecular weight is 254 g/mol. The number of morpholine rings is 1. The molecule has 2 rings (SSSR count). The fourth-order valence-corrected chi connectivity index (χ4v) is 3.52. The standard InChI is InChI=1S/C15H30N2O/c1-3-16-15-8-6-4-5-7-14(15)12-17-9-10-18-13(2)11-17/h13-16H,3-12H2,1-2H3. The molecule has 0 aromatic rings. The molecule has 0 aromatic heterocycles. The lowest BCUT2D eigenvalue weighted by atomic mass is 9.93. The van der Waals surface area contributed by atoms with Crippen molar-refractivity contribution in [1.82, 2.24) is 10.2 Å². The molecule has 18 heavy (non-hydrogen) atoms. The molecule has 3 nitrogen and oxygen atoms in total. The minimum absolute atomic E-state index is 0.419. The minimum atomic E-state index is 0.419. The molecule has 106 valence electrons. The minimum Gasteiger partial charge on any atom is -0.376 e. The van der Waals surface area contributed by atoms with Crippen LogP contribution in [0.15, 0.2) is 0 Å². The fraction of sp³-hybridized carbons (Fsp3) is 1.00. The highest BCUT2D eigenvalue weighted by atomic mass is 16.5. The Morgan fingerprint density at radius 1 is 1.22 bits per heavy atom. The first-order valence-corrected chi connectivity index (χ1v) is 7.87. The van der Waals surface area contributed by atoms with Gasteiger partial charge in [-0.2, -0.15) is 0 Å². The van der Waals surface area contributed by atoms with E-state index in [0.717, 1.165) is 38.2 Å². The average Bonchev–Trinajstić information content (AvgIpc) is 2.56. The molecule has 1 aliphatic carbocycles. The maximum absolute atomic E-state index is 5.64. The van der Waals surface area contributed by atoms with Crippen molar-refractivity contribution in [3.8, 4) is 0 Å². The van der Waals surface area contributed by atoms with E-state index in [0.29, 0.717) is 6.10 Å². The normalized spacial score (nSPS) is 35.3. The van der Waals surface area contributed by atoms with Crippen LogP contribution in [0.2, 0.25) is 0 Å². The highest BCUT2D eigenvalue weighted by molar-refractivity contribution is 4.83. The zero-order chi connectivity index (χ0) is 12.8. The number of nitrogens with zero attached hydrogens (tertiary/aromatic N) is 1. The summed E-state index contributed by atoms with van der Waals surface area (Å²) < 4.78 is 5.64. The monoisotopic (exact) mass is 254 g/mol. The Hall–Kier alpha value is -0.120. The molecule has 3 unspecified atom stereocenters. The van der Waals surface area contributed by atoms with Gasteiger partial charge >= 0.3 is 0 Å². The summed E-state index contributed by atoms with van der Waals surface area (Å²) in [6.45, 7) is 9.97. The Balaban J connectivity index is 1.86. The van der Waals surface area contributed by atoms with Crippen LogP contribution in [0.4, 0.5) is 0 Å². The van der Waals surface area contributed by atoms with E-state index < -0.39 is 0 Å². The molecule has 0 bridgehead atoms. The van der Waals surface area contributed by atoms with Crippen molar-refractivity contribution in [1.29, 1.82) is 0 Å². The van der Waals surface area contributed by atoms with Gasteiger partial charge in [-0.15, -0.1) is 0 Å². The lowest BCUT2D eigenvalue weighted by Gasteiger charge is -2.36. The van der Waals surface area contributed by atoms with Crippen LogP contribution in [0.5, 0.6) is 0 Å². The summed E-state index contributed by atoms with van der Waals surface area (Å²) in [5, 5.41) is 3.72. The molecule has 1 saturated carbocycles. The first kappa shape index (κ1) is 14.3. The van der Waals surface area contributed by atoms with Crippen molar-refractivity contribution >= 4 is 0 Å². The third-order valence-electron chi connectivity index (χ3n) is 4.44. The summed E-state index contributed by atoms with van der Waals surface area (Å²) in [7, 11) is 0. The Kier molecular flexibility index (Phi) is 5.93. The summed E-state index contributed by atoms with van der Waals surface area (Å²) in [5.41, 5.74) is 0. The van der Waals surface area contributed by atoms with E-state index in [1.165, 1.54) is 38.6 Å². The summed E-state index contributed by atoms with van der Waals surface area (Å²) in [6, 6.07) is 0.746. The molecule has 1 heterocycles. The molecule has 0 aromatic carbocycles. The van der Waals surface area contributed by atoms with Gasteiger partial charge in [0.25, 0.3) is 0 Å². The van der Waals surface area contributed by atoms with Gasteiger partial charge in [-0.3, -0.25) is 4.90 Å². The summed E-state index contributed by atoms with van der Waals surface area (Å²) in [5.74, 6) is 0.845. The molecule has 2 fully saturated rings. The van der Waals surface area contributed by atoms with E-state index in [1.807, 2.05) is 0 Å². The second-order valence-corrected chi connectivity index (χ2v) is 6.00. The van der Waals surface area contributed by atoms with Crippen LogP contribution in [-0.2, 0) is 4.74 Å². The first-order chi connectivity index (χ1) is 8.79. The highest BCUT2D eigenvalue weighted by Crippen LogP contribution is 2.25. The van der Waals surface area contributed by atoms with Crippen molar-refractivity contribution in [3.05, 3.63) is 0 Å². The van der Waals surface area contributed by atoms with Crippen LogP contribution < -0.4 is 5.32 Å². The Bertz CT molecular complexity index is 235. The third kappa shape index (κ3) is 4.22. The molecule has 1 N–H and O–H groups in total. The van der Waals surface area contributed by atoms with Crippen LogP contribution in [0.3, 0.4) is 0 Å². The number of hydrogen-bond acceptors (Lipinski definition) is 3. The molecule has 0 amide bonds. The summed E-state index contributed by atoms with van der Waals surface area (Å²) in [6.07, 6.45) is 7.46. The van der Waals surface area contributed by atoms with E-state index in [4.69, 9.17) is 4.74 Å². The van der Waals surface area contributed by atoms with Gasteiger partial charge in [0, 0.05) is 25.7 Å². The van der Waals surface area contributed by atoms with Gasteiger partial charge in [-0.05, 0) is 32.2 Å². The second-order valence-electron chi connectivity index (χ2n) is 6.00. The zero-order valence-corrected chi connectivity index (χ0v) is 12.2. The van der Waals surface area contributed by atoms with Crippen LogP contribution >= 0.6 is 0 Å². The number of hydrogen-bond donors (Lipinski definition) is 1. The van der Waals surface area contributed by atoms with Crippen molar-refractivity contribution in [3.63, 3.8) is 0 Å². The number of rotatable bonds is 4. The Labute approximate surface area is 112 Å². The van der Waals surface area contributed by atoms with Gasteiger partial charge in [0.15, 0.2) is 0 Å². The van der Waals surface area contributed by atoms with Gasteiger partial charge in [-0.1, -0.05) is 26.2 Å². The molecule has 1 aliphatic heterocycles. The topological polar surface area (TPSA) is 24.5 Å².